The quantitative estimate of drug-likeness (QED) is 0.671. The number of benzene rings is 2. The minimum atomic E-state index is 0.501. The maximum atomic E-state index is 6.15. The summed E-state index contributed by atoms with van der Waals surface area (Å²) in [5.41, 5.74) is 1.13. The number of hydrogen-bond donors (Lipinski definition) is 0. The summed E-state index contributed by atoms with van der Waals surface area (Å²) >= 11 is 6.15. The maximum Gasteiger partial charge on any atom is 0.124 e. The molecule has 0 spiro atoms. The van der Waals surface area contributed by atoms with E-state index in [1.54, 1.807) is 0 Å². The molecule has 0 radical (unpaired) electrons. The second-order valence-corrected chi connectivity index (χ2v) is 5.98. The number of fused-ring (bicyclic) bond motifs is 1. The summed E-state index contributed by atoms with van der Waals surface area (Å²) in [6.45, 7) is 0.836. The molecule has 0 N–H and O–H groups in total. The summed E-state index contributed by atoms with van der Waals surface area (Å²) in [5, 5.41) is 2.44. The van der Waals surface area contributed by atoms with E-state index in [4.69, 9.17) is 16.3 Å². The molecule has 1 aliphatic rings. The molecule has 0 amide bonds. The van der Waals surface area contributed by atoms with Gasteiger partial charge in [-0.1, -0.05) is 49.6 Å². The molecule has 0 heterocycles. The van der Waals surface area contributed by atoms with Crippen LogP contribution >= 0.6 is 11.6 Å². The van der Waals surface area contributed by atoms with Crippen molar-refractivity contribution < 1.29 is 4.74 Å². The highest BCUT2D eigenvalue weighted by molar-refractivity contribution is 6.18. The van der Waals surface area contributed by atoms with Gasteiger partial charge in [0, 0.05) is 5.56 Å². The van der Waals surface area contributed by atoms with Gasteiger partial charge in [-0.05, 0) is 35.6 Å². The van der Waals surface area contributed by atoms with Crippen LogP contribution in [0.5, 0.6) is 5.75 Å². The van der Waals surface area contributed by atoms with Crippen molar-refractivity contribution in [3.8, 4) is 5.75 Å². The molecule has 1 aliphatic carbocycles. The van der Waals surface area contributed by atoms with Crippen LogP contribution in [0.2, 0.25) is 0 Å². The van der Waals surface area contributed by atoms with Gasteiger partial charge in [0.05, 0.1) is 12.5 Å². The Morgan fingerprint density at radius 1 is 1.00 bits per heavy atom. The second-order valence-electron chi connectivity index (χ2n) is 5.71. The molecule has 0 atom stereocenters. The van der Waals surface area contributed by atoms with Crippen molar-refractivity contribution in [1.29, 1.82) is 0 Å². The number of hydrogen-bond acceptors (Lipinski definition) is 1. The Kier molecular flexibility index (Phi) is 4.47. The molecule has 20 heavy (non-hydrogen) atoms. The van der Waals surface area contributed by atoms with Crippen molar-refractivity contribution in [2.24, 2.45) is 5.92 Å². The van der Waals surface area contributed by atoms with Crippen molar-refractivity contribution in [2.45, 2.75) is 38.0 Å². The van der Waals surface area contributed by atoms with Gasteiger partial charge in [-0.25, -0.2) is 0 Å². The third-order valence-electron chi connectivity index (χ3n) is 4.33. The Bertz CT molecular complexity index is 573. The lowest BCUT2D eigenvalue weighted by molar-refractivity contribution is 0.208. The zero-order chi connectivity index (χ0) is 13.8. The fraction of sp³-hybridized carbons (Fsp3) is 0.444. The van der Waals surface area contributed by atoms with Gasteiger partial charge >= 0.3 is 0 Å². The Labute approximate surface area is 125 Å². The van der Waals surface area contributed by atoms with Gasteiger partial charge in [-0.3, -0.25) is 0 Å². The number of halogens is 1. The van der Waals surface area contributed by atoms with E-state index >= 15 is 0 Å². The van der Waals surface area contributed by atoms with Crippen molar-refractivity contribution >= 4 is 22.4 Å². The molecule has 1 nitrogen and oxygen atoms in total. The lowest BCUT2D eigenvalue weighted by Gasteiger charge is -2.22. The first-order valence-electron chi connectivity index (χ1n) is 7.58. The van der Waals surface area contributed by atoms with Gasteiger partial charge in [0.1, 0.15) is 5.75 Å². The van der Waals surface area contributed by atoms with Crippen LogP contribution < -0.4 is 4.74 Å². The average molecular weight is 289 g/mol. The highest BCUT2D eigenvalue weighted by Crippen LogP contribution is 2.31. The normalized spacial score (nSPS) is 16.4. The Hall–Kier alpha value is -1.21. The summed E-state index contributed by atoms with van der Waals surface area (Å²) in [5.74, 6) is 2.18. The van der Waals surface area contributed by atoms with Crippen molar-refractivity contribution in [3.63, 3.8) is 0 Å². The molecule has 2 aromatic carbocycles. The highest BCUT2D eigenvalue weighted by atomic mass is 35.5. The van der Waals surface area contributed by atoms with Gasteiger partial charge in [-0.15, -0.1) is 11.6 Å². The van der Waals surface area contributed by atoms with Crippen LogP contribution in [0.15, 0.2) is 36.4 Å². The first-order valence-corrected chi connectivity index (χ1v) is 8.11. The third-order valence-corrected chi connectivity index (χ3v) is 4.60. The SMILES string of the molecule is ClCc1c(OCC2CCCCC2)ccc2ccccc12. The first-order chi connectivity index (χ1) is 9.88. The van der Waals surface area contributed by atoms with E-state index in [0.717, 1.165) is 23.8 Å². The monoisotopic (exact) mass is 288 g/mol. The van der Waals surface area contributed by atoms with E-state index in [1.165, 1.54) is 42.9 Å². The number of ether oxygens (including phenoxy) is 1. The standard InChI is InChI=1S/C18H21ClO/c19-12-17-16-9-5-4-8-15(16)10-11-18(17)20-13-14-6-2-1-3-7-14/h4-5,8-11,14H,1-3,6-7,12-13H2. The fourth-order valence-corrected chi connectivity index (χ4v) is 3.43. The lowest BCUT2D eigenvalue weighted by Crippen LogP contribution is -2.15. The minimum Gasteiger partial charge on any atom is -0.493 e. The van der Waals surface area contributed by atoms with Crippen molar-refractivity contribution in [2.75, 3.05) is 6.61 Å². The molecule has 3 rings (SSSR count). The van der Waals surface area contributed by atoms with Gasteiger partial charge in [-0.2, -0.15) is 0 Å². The van der Waals surface area contributed by atoms with Crippen LogP contribution in [0.1, 0.15) is 37.7 Å². The molecular weight excluding hydrogens is 268 g/mol. The lowest BCUT2D eigenvalue weighted by atomic mass is 9.90. The van der Waals surface area contributed by atoms with E-state index in [9.17, 15) is 0 Å². The zero-order valence-electron chi connectivity index (χ0n) is 11.8. The van der Waals surface area contributed by atoms with Gasteiger partial charge < -0.3 is 4.74 Å². The van der Waals surface area contributed by atoms with Crippen LogP contribution in [0.3, 0.4) is 0 Å². The van der Waals surface area contributed by atoms with Crippen LogP contribution in [0.4, 0.5) is 0 Å². The van der Waals surface area contributed by atoms with E-state index < -0.39 is 0 Å². The molecule has 0 aliphatic heterocycles. The number of alkyl halides is 1. The second kappa shape index (κ2) is 6.49. The summed E-state index contributed by atoms with van der Waals surface area (Å²) < 4.78 is 6.09. The van der Waals surface area contributed by atoms with E-state index in [1.807, 2.05) is 0 Å². The van der Waals surface area contributed by atoms with Gasteiger partial charge in [0.2, 0.25) is 0 Å². The molecule has 106 valence electrons. The summed E-state index contributed by atoms with van der Waals surface area (Å²) in [6.07, 6.45) is 6.72. The van der Waals surface area contributed by atoms with Crippen molar-refractivity contribution in [3.05, 3.63) is 42.0 Å². The zero-order valence-corrected chi connectivity index (χ0v) is 12.5. The smallest absolute Gasteiger partial charge is 0.124 e. The summed E-state index contributed by atoms with van der Waals surface area (Å²) in [6, 6.07) is 12.6. The molecule has 0 saturated heterocycles. The van der Waals surface area contributed by atoms with E-state index in [2.05, 4.69) is 36.4 Å². The fourth-order valence-electron chi connectivity index (χ4n) is 3.15. The predicted octanol–water partition coefficient (Wildman–Crippen LogP) is 5.54. The van der Waals surface area contributed by atoms with Crippen LogP contribution in [0.25, 0.3) is 10.8 Å². The Morgan fingerprint density at radius 2 is 1.80 bits per heavy atom. The third kappa shape index (κ3) is 2.93. The van der Waals surface area contributed by atoms with Gasteiger partial charge in [0.15, 0.2) is 0 Å². The molecule has 2 aromatic rings. The predicted molar refractivity (Wildman–Crippen MR) is 85.6 cm³/mol. The topological polar surface area (TPSA) is 9.23 Å². The molecule has 1 saturated carbocycles. The molecular formula is C18H21ClO. The summed E-state index contributed by atoms with van der Waals surface area (Å²) in [4.78, 5) is 0. The van der Waals surface area contributed by atoms with Gasteiger partial charge in [0.25, 0.3) is 0 Å². The van der Waals surface area contributed by atoms with Crippen LogP contribution in [0, 0.1) is 5.92 Å². The molecule has 0 aromatic heterocycles. The Balaban J connectivity index is 1.80. The molecule has 2 heteroatoms. The van der Waals surface area contributed by atoms with Crippen LogP contribution in [-0.4, -0.2) is 6.61 Å². The number of rotatable bonds is 4. The summed E-state index contributed by atoms with van der Waals surface area (Å²) in [7, 11) is 0. The van der Waals surface area contributed by atoms with Crippen molar-refractivity contribution in [1.82, 2.24) is 0 Å². The van der Waals surface area contributed by atoms with E-state index in [0.29, 0.717) is 5.88 Å². The van der Waals surface area contributed by atoms with E-state index in [-0.39, 0.29) is 0 Å². The average Bonchev–Trinajstić information content (AvgIpc) is 2.53. The largest absolute Gasteiger partial charge is 0.493 e. The molecule has 1 fully saturated rings. The highest BCUT2D eigenvalue weighted by Gasteiger charge is 2.15. The maximum absolute atomic E-state index is 6.15. The first kappa shape index (κ1) is 13.8. The van der Waals surface area contributed by atoms with Crippen LogP contribution in [-0.2, 0) is 5.88 Å². The molecule has 0 bridgehead atoms. The Morgan fingerprint density at radius 3 is 2.60 bits per heavy atom. The molecule has 0 unspecified atom stereocenters. The minimum absolute atomic E-state index is 0.501.